The van der Waals surface area contributed by atoms with Gasteiger partial charge in [-0.2, -0.15) is 5.26 Å². The first-order valence-electron chi connectivity index (χ1n) is 13.7. The van der Waals surface area contributed by atoms with Crippen LogP contribution < -0.4 is 5.32 Å². The predicted molar refractivity (Wildman–Crippen MR) is 154 cm³/mol. The van der Waals surface area contributed by atoms with Crippen LogP contribution in [-0.2, 0) is 9.26 Å². The van der Waals surface area contributed by atoms with E-state index in [0.717, 1.165) is 11.8 Å². The van der Waals surface area contributed by atoms with Gasteiger partial charge in [-0.3, -0.25) is 9.46 Å². The van der Waals surface area contributed by atoms with E-state index in [-0.39, 0.29) is 36.1 Å². The van der Waals surface area contributed by atoms with Crippen molar-refractivity contribution in [2.75, 3.05) is 11.5 Å². The lowest BCUT2D eigenvalue weighted by Crippen LogP contribution is -2.36. The van der Waals surface area contributed by atoms with Gasteiger partial charge in [0, 0.05) is 42.3 Å². The first kappa shape index (κ1) is 29.1. The topological polar surface area (TPSA) is 105 Å². The Morgan fingerprint density at radius 3 is 2.56 bits per heavy atom. The third-order valence-electron chi connectivity index (χ3n) is 7.13. The van der Waals surface area contributed by atoms with E-state index in [0.29, 0.717) is 29.6 Å². The lowest BCUT2D eigenvalue weighted by Gasteiger charge is -2.39. The Morgan fingerprint density at radius 2 is 1.92 bits per heavy atom. The number of fused-ring (bicyclic) bond motifs is 1. The third kappa shape index (κ3) is 6.31. The summed E-state index contributed by atoms with van der Waals surface area (Å²) < 4.78 is 18.0. The summed E-state index contributed by atoms with van der Waals surface area (Å²) in [7, 11) is -1.03. The zero-order chi connectivity index (χ0) is 28.1. The second-order valence-electron chi connectivity index (χ2n) is 10.5. The number of carbonyl (C=O) groups is 1. The standard InChI is InChI=1S/C29H39N6O3P/c1-7-24-21(6)25(38-39(17-11-15-30)35(19(2)3)20(4)5)29(37-24)34-16-14-23-26(31-18-32-27(23)34)33-28(36)22-12-9-8-10-13-22/h8-10,12-14,16,18-21,24-25,29H,7,11,17H2,1-6H3,(H,31,32,33,36)/t21-,24-,25-,29-,39?/m1/s1. The molecule has 1 N–H and O–H groups in total. The molecular weight excluding hydrogens is 511 g/mol. The Hall–Kier alpha value is -2.89. The average molecular weight is 551 g/mol. The van der Waals surface area contributed by atoms with E-state index in [2.05, 4.69) is 67.6 Å². The molecule has 0 bridgehead atoms. The van der Waals surface area contributed by atoms with Gasteiger partial charge in [-0.25, -0.2) is 9.97 Å². The minimum atomic E-state index is -1.03. The van der Waals surface area contributed by atoms with Gasteiger partial charge in [-0.1, -0.05) is 32.0 Å². The van der Waals surface area contributed by atoms with Crippen molar-refractivity contribution in [3.8, 4) is 6.07 Å². The number of benzene rings is 1. The SMILES string of the molecule is CC[C@H]1O[C@@H](n2ccc3c(NC(=O)c4ccccc4)ncnc32)[C@H](OP(CCC#N)N(C(C)C)C(C)C)[C@@H]1C. The molecule has 3 heterocycles. The predicted octanol–water partition coefficient (Wildman–Crippen LogP) is 6.36. The summed E-state index contributed by atoms with van der Waals surface area (Å²) in [6.45, 7) is 13.0. The first-order chi connectivity index (χ1) is 18.8. The van der Waals surface area contributed by atoms with Crippen LogP contribution >= 0.6 is 8.30 Å². The molecule has 2 aromatic heterocycles. The van der Waals surface area contributed by atoms with Crippen LogP contribution in [0.4, 0.5) is 5.82 Å². The van der Waals surface area contributed by atoms with Crippen LogP contribution in [0.25, 0.3) is 11.0 Å². The second-order valence-corrected chi connectivity index (χ2v) is 12.3. The van der Waals surface area contributed by atoms with Crippen LogP contribution in [0.5, 0.6) is 0 Å². The third-order valence-corrected chi connectivity index (χ3v) is 9.66. The van der Waals surface area contributed by atoms with Crippen molar-refractivity contribution >= 4 is 31.1 Å². The first-order valence-corrected chi connectivity index (χ1v) is 15.1. The summed E-state index contributed by atoms with van der Waals surface area (Å²) in [5, 5.41) is 13.0. The number of ether oxygens (including phenoxy) is 1. The minimum Gasteiger partial charge on any atom is -0.352 e. The normalized spacial score (nSPS) is 22.1. The Labute approximate surface area is 232 Å². The number of rotatable bonds is 11. The molecule has 0 spiro atoms. The molecule has 208 valence electrons. The van der Waals surface area contributed by atoms with Gasteiger partial charge in [0.2, 0.25) is 0 Å². The van der Waals surface area contributed by atoms with Gasteiger partial charge in [0.05, 0.1) is 17.6 Å². The Balaban J connectivity index is 1.67. The summed E-state index contributed by atoms with van der Waals surface area (Å²) in [4.78, 5) is 21.8. The van der Waals surface area contributed by atoms with E-state index in [9.17, 15) is 10.1 Å². The summed E-state index contributed by atoms with van der Waals surface area (Å²) in [6.07, 6.45) is 4.77. The van der Waals surface area contributed by atoms with E-state index < -0.39 is 14.5 Å². The summed E-state index contributed by atoms with van der Waals surface area (Å²) in [5.74, 6) is 0.363. The van der Waals surface area contributed by atoms with Crippen LogP contribution in [0, 0.1) is 17.2 Å². The molecule has 1 aliphatic heterocycles. The monoisotopic (exact) mass is 550 g/mol. The molecule has 39 heavy (non-hydrogen) atoms. The van der Waals surface area contributed by atoms with Crippen LogP contribution in [-0.4, -0.2) is 55.6 Å². The molecule has 1 fully saturated rings. The molecule has 5 atom stereocenters. The van der Waals surface area contributed by atoms with Crippen LogP contribution in [0.2, 0.25) is 0 Å². The highest BCUT2D eigenvalue weighted by Gasteiger charge is 2.45. The quantitative estimate of drug-likeness (QED) is 0.277. The van der Waals surface area contributed by atoms with Crippen molar-refractivity contribution in [1.29, 1.82) is 5.26 Å². The molecule has 0 radical (unpaired) electrons. The summed E-state index contributed by atoms with van der Waals surface area (Å²) in [5.41, 5.74) is 1.23. The van der Waals surface area contributed by atoms with Gasteiger partial charge in [-0.05, 0) is 52.3 Å². The summed E-state index contributed by atoms with van der Waals surface area (Å²) >= 11 is 0. The van der Waals surface area contributed by atoms with Gasteiger partial charge >= 0.3 is 0 Å². The molecule has 3 aromatic rings. The van der Waals surface area contributed by atoms with Crippen molar-refractivity contribution in [2.24, 2.45) is 5.92 Å². The fourth-order valence-electron chi connectivity index (χ4n) is 5.36. The van der Waals surface area contributed by atoms with Gasteiger partial charge in [-0.15, -0.1) is 0 Å². The molecule has 0 aliphatic carbocycles. The van der Waals surface area contributed by atoms with Crippen molar-refractivity contribution in [1.82, 2.24) is 19.2 Å². The number of aromatic nitrogens is 3. The molecule has 1 amide bonds. The maximum Gasteiger partial charge on any atom is 0.256 e. The Kier molecular flexibility index (Phi) is 9.68. The average Bonchev–Trinajstić information content (AvgIpc) is 3.48. The molecule has 9 nitrogen and oxygen atoms in total. The number of amides is 1. The van der Waals surface area contributed by atoms with E-state index >= 15 is 0 Å². The lowest BCUT2D eigenvalue weighted by molar-refractivity contribution is -0.0286. The number of nitrogens with zero attached hydrogens (tertiary/aromatic N) is 5. The van der Waals surface area contributed by atoms with Crippen LogP contribution in [0.3, 0.4) is 0 Å². The van der Waals surface area contributed by atoms with Crippen molar-refractivity contribution < 1.29 is 14.1 Å². The zero-order valence-electron chi connectivity index (χ0n) is 23.6. The fourth-order valence-corrected chi connectivity index (χ4v) is 7.70. The number of hydrogen-bond donors (Lipinski definition) is 1. The Morgan fingerprint density at radius 1 is 1.21 bits per heavy atom. The lowest BCUT2D eigenvalue weighted by atomic mass is 9.99. The number of nitrogens with one attached hydrogen (secondary N) is 1. The number of anilines is 1. The molecule has 1 aliphatic rings. The molecular formula is C29H39N6O3P. The number of hydrogen-bond acceptors (Lipinski definition) is 7. The highest BCUT2D eigenvalue weighted by molar-refractivity contribution is 7.50. The van der Waals surface area contributed by atoms with E-state index in [1.807, 2.05) is 35.0 Å². The highest BCUT2D eigenvalue weighted by atomic mass is 31.2. The molecule has 4 rings (SSSR count). The van der Waals surface area contributed by atoms with E-state index in [1.165, 1.54) is 6.33 Å². The molecule has 1 saturated heterocycles. The van der Waals surface area contributed by atoms with Gasteiger partial charge < -0.3 is 19.1 Å². The van der Waals surface area contributed by atoms with Crippen molar-refractivity contribution in [3.05, 3.63) is 54.5 Å². The molecule has 10 heteroatoms. The number of nitriles is 1. The van der Waals surface area contributed by atoms with Crippen LogP contribution in [0.1, 0.15) is 71.0 Å². The highest BCUT2D eigenvalue weighted by Crippen LogP contribution is 2.51. The van der Waals surface area contributed by atoms with Gasteiger partial charge in [0.1, 0.15) is 32.2 Å². The fraction of sp³-hybridized carbons (Fsp3) is 0.517. The van der Waals surface area contributed by atoms with Gasteiger partial charge in [0.15, 0.2) is 6.23 Å². The zero-order valence-corrected chi connectivity index (χ0v) is 24.5. The molecule has 1 aromatic carbocycles. The molecule has 1 unspecified atom stereocenters. The number of carbonyl (C=O) groups excluding carboxylic acids is 1. The van der Waals surface area contributed by atoms with Crippen molar-refractivity contribution in [3.63, 3.8) is 0 Å². The summed E-state index contributed by atoms with van der Waals surface area (Å²) in [6, 6.07) is 13.8. The maximum atomic E-state index is 12.8. The van der Waals surface area contributed by atoms with E-state index in [4.69, 9.17) is 9.26 Å². The largest absolute Gasteiger partial charge is 0.352 e. The Bertz CT molecular complexity index is 1280. The molecule has 0 saturated carbocycles. The van der Waals surface area contributed by atoms with Crippen molar-refractivity contribution in [2.45, 2.75) is 84.9 Å². The second kappa shape index (κ2) is 13.0. The van der Waals surface area contributed by atoms with Gasteiger partial charge in [0.25, 0.3) is 5.91 Å². The van der Waals surface area contributed by atoms with Crippen LogP contribution in [0.15, 0.2) is 48.9 Å². The minimum absolute atomic E-state index is 0.0240. The maximum absolute atomic E-state index is 12.8. The van der Waals surface area contributed by atoms with E-state index in [1.54, 1.807) is 12.1 Å². The smallest absolute Gasteiger partial charge is 0.256 e.